The second-order valence-corrected chi connectivity index (χ2v) is 6.61. The first kappa shape index (κ1) is 12.4. The Morgan fingerprint density at radius 1 is 1.21 bits per heavy atom. The second kappa shape index (κ2) is 5.14. The van der Waals surface area contributed by atoms with Crippen LogP contribution in [0.5, 0.6) is 0 Å². The first-order chi connectivity index (χ1) is 9.22. The summed E-state index contributed by atoms with van der Waals surface area (Å²) < 4.78 is 1.13. The summed E-state index contributed by atoms with van der Waals surface area (Å²) in [6.45, 7) is 0.733. The van der Waals surface area contributed by atoms with Crippen LogP contribution >= 0.6 is 27.3 Å². The highest BCUT2D eigenvalue weighted by molar-refractivity contribution is 9.11. The van der Waals surface area contributed by atoms with Gasteiger partial charge in [0.15, 0.2) is 0 Å². The number of hydrogen-bond acceptors (Lipinski definition) is 5. The normalized spacial score (nSPS) is 10.8. The largest absolute Gasteiger partial charge is 0.399 e. The Hall–Kier alpha value is -1.66. The van der Waals surface area contributed by atoms with Crippen molar-refractivity contribution >= 4 is 49.7 Å². The minimum Gasteiger partial charge on any atom is -0.399 e. The van der Waals surface area contributed by atoms with Crippen LogP contribution < -0.4 is 11.1 Å². The van der Waals surface area contributed by atoms with E-state index >= 15 is 0 Å². The monoisotopic (exact) mass is 334 g/mol. The Balaban J connectivity index is 1.90. The molecular weight excluding hydrogens is 324 g/mol. The van der Waals surface area contributed by atoms with Crippen LogP contribution in [0.15, 0.2) is 40.4 Å². The first-order valence-electron chi connectivity index (χ1n) is 5.71. The number of nitrogens with two attached hydrogens (primary N) is 1. The summed E-state index contributed by atoms with van der Waals surface area (Å²) in [4.78, 5) is 9.75. The van der Waals surface area contributed by atoms with Crippen molar-refractivity contribution in [3.63, 3.8) is 0 Å². The van der Waals surface area contributed by atoms with E-state index in [0.29, 0.717) is 5.69 Å². The molecule has 0 aliphatic rings. The average molecular weight is 335 g/mol. The number of halogens is 1. The molecule has 3 aromatic rings. The van der Waals surface area contributed by atoms with Crippen molar-refractivity contribution in [2.24, 2.45) is 0 Å². The molecule has 1 aromatic carbocycles. The molecule has 0 amide bonds. The third-order valence-corrected chi connectivity index (χ3v) is 4.34. The van der Waals surface area contributed by atoms with E-state index in [0.717, 1.165) is 27.1 Å². The summed E-state index contributed by atoms with van der Waals surface area (Å²) in [5.74, 6) is 0.807. The van der Waals surface area contributed by atoms with Gasteiger partial charge in [-0.15, -0.1) is 11.3 Å². The van der Waals surface area contributed by atoms with Crippen molar-refractivity contribution in [1.82, 2.24) is 9.97 Å². The Labute approximate surface area is 122 Å². The van der Waals surface area contributed by atoms with Gasteiger partial charge in [0.25, 0.3) is 0 Å². The van der Waals surface area contributed by atoms with E-state index in [1.807, 2.05) is 24.3 Å². The van der Waals surface area contributed by atoms with E-state index in [1.165, 1.54) is 4.88 Å². The van der Waals surface area contributed by atoms with E-state index in [4.69, 9.17) is 5.73 Å². The fraction of sp³-hybridized carbons (Fsp3) is 0.0769. The van der Waals surface area contributed by atoms with Gasteiger partial charge in [0, 0.05) is 16.0 Å². The van der Waals surface area contributed by atoms with Crippen LogP contribution in [0.3, 0.4) is 0 Å². The maximum Gasteiger partial charge on any atom is 0.137 e. The van der Waals surface area contributed by atoms with Crippen LogP contribution in [0.4, 0.5) is 11.5 Å². The fourth-order valence-corrected chi connectivity index (χ4v) is 3.26. The molecule has 4 nitrogen and oxygen atoms in total. The van der Waals surface area contributed by atoms with Gasteiger partial charge in [-0.25, -0.2) is 9.97 Å². The highest BCUT2D eigenvalue weighted by atomic mass is 79.9. The summed E-state index contributed by atoms with van der Waals surface area (Å²) in [5, 5.41) is 4.27. The Kier molecular flexibility index (Phi) is 3.35. The number of benzene rings is 1. The molecule has 2 aromatic heterocycles. The van der Waals surface area contributed by atoms with Gasteiger partial charge in [0.05, 0.1) is 15.8 Å². The number of nitrogens with zero attached hydrogens (tertiary/aromatic N) is 2. The maximum atomic E-state index is 5.82. The lowest BCUT2D eigenvalue weighted by atomic mass is 10.2. The molecule has 0 aliphatic heterocycles. The lowest BCUT2D eigenvalue weighted by Gasteiger charge is -2.07. The van der Waals surface area contributed by atoms with Gasteiger partial charge in [0.2, 0.25) is 0 Å². The summed E-state index contributed by atoms with van der Waals surface area (Å²) >= 11 is 5.16. The molecule has 0 unspecified atom stereocenters. The third kappa shape index (κ3) is 2.69. The summed E-state index contributed by atoms with van der Waals surface area (Å²) in [5.41, 5.74) is 7.42. The zero-order chi connectivity index (χ0) is 13.2. The van der Waals surface area contributed by atoms with E-state index < -0.39 is 0 Å². The molecule has 0 aliphatic carbocycles. The first-order valence-corrected chi connectivity index (χ1v) is 7.31. The van der Waals surface area contributed by atoms with Crippen molar-refractivity contribution in [3.8, 4) is 0 Å². The van der Waals surface area contributed by atoms with E-state index in [2.05, 4.69) is 37.3 Å². The molecule has 0 saturated heterocycles. The molecule has 6 heteroatoms. The van der Waals surface area contributed by atoms with Crippen molar-refractivity contribution in [2.45, 2.75) is 6.54 Å². The molecule has 0 atom stereocenters. The Bertz CT molecular complexity index is 725. The highest BCUT2D eigenvalue weighted by Crippen LogP contribution is 2.25. The second-order valence-electron chi connectivity index (χ2n) is 4.06. The number of rotatable bonds is 3. The highest BCUT2D eigenvalue weighted by Gasteiger charge is 2.04. The van der Waals surface area contributed by atoms with Crippen molar-refractivity contribution in [2.75, 3.05) is 11.1 Å². The summed E-state index contributed by atoms with van der Waals surface area (Å²) in [6.07, 6.45) is 1.56. The molecule has 0 saturated carbocycles. The SMILES string of the molecule is Nc1ccc2ncnc(NCc3ccc(Br)s3)c2c1. The van der Waals surface area contributed by atoms with Crippen LogP contribution in [0, 0.1) is 0 Å². The van der Waals surface area contributed by atoms with Gasteiger partial charge >= 0.3 is 0 Å². The molecule has 3 rings (SSSR count). The maximum absolute atomic E-state index is 5.82. The average Bonchev–Trinajstić information content (AvgIpc) is 2.82. The standard InChI is InChI=1S/C13H11BrN4S/c14-12-4-2-9(19-12)6-16-13-10-5-8(15)1-3-11(10)17-7-18-13/h1-5,7H,6,15H2,(H,16,17,18). The van der Waals surface area contributed by atoms with Gasteiger partial charge < -0.3 is 11.1 Å². The molecule has 0 spiro atoms. The number of nitrogen functional groups attached to an aromatic ring is 1. The van der Waals surface area contributed by atoms with Gasteiger partial charge in [-0.3, -0.25) is 0 Å². The number of hydrogen-bond donors (Lipinski definition) is 2. The number of fused-ring (bicyclic) bond motifs is 1. The molecular formula is C13H11BrN4S. The molecule has 3 N–H and O–H groups in total. The molecule has 2 heterocycles. The smallest absolute Gasteiger partial charge is 0.137 e. The van der Waals surface area contributed by atoms with Crippen LogP contribution in [0.25, 0.3) is 10.9 Å². The van der Waals surface area contributed by atoms with Gasteiger partial charge in [-0.1, -0.05) is 0 Å². The van der Waals surface area contributed by atoms with E-state index in [9.17, 15) is 0 Å². The topological polar surface area (TPSA) is 63.8 Å². The van der Waals surface area contributed by atoms with Crippen molar-refractivity contribution < 1.29 is 0 Å². The van der Waals surface area contributed by atoms with Gasteiger partial charge in [0.1, 0.15) is 12.1 Å². The molecule has 0 radical (unpaired) electrons. The molecule has 0 fully saturated rings. The fourth-order valence-electron chi connectivity index (χ4n) is 1.83. The molecule has 0 bridgehead atoms. The predicted molar refractivity (Wildman–Crippen MR) is 83.3 cm³/mol. The lowest BCUT2D eigenvalue weighted by molar-refractivity contribution is 1.13. The zero-order valence-electron chi connectivity index (χ0n) is 9.93. The number of aromatic nitrogens is 2. The minimum absolute atomic E-state index is 0.712. The van der Waals surface area contributed by atoms with Crippen molar-refractivity contribution in [3.05, 3.63) is 45.3 Å². The van der Waals surface area contributed by atoms with Crippen LogP contribution in [-0.4, -0.2) is 9.97 Å². The van der Waals surface area contributed by atoms with Gasteiger partial charge in [-0.05, 0) is 46.3 Å². The third-order valence-electron chi connectivity index (χ3n) is 2.72. The van der Waals surface area contributed by atoms with Crippen LogP contribution in [-0.2, 0) is 6.54 Å². The van der Waals surface area contributed by atoms with Gasteiger partial charge in [-0.2, -0.15) is 0 Å². The van der Waals surface area contributed by atoms with E-state index in [-0.39, 0.29) is 0 Å². The predicted octanol–water partition coefficient (Wildman–Crippen LogP) is 3.65. The number of nitrogens with one attached hydrogen (secondary N) is 1. The lowest BCUT2D eigenvalue weighted by Crippen LogP contribution is -2.01. The zero-order valence-corrected chi connectivity index (χ0v) is 12.3. The van der Waals surface area contributed by atoms with Crippen molar-refractivity contribution in [1.29, 1.82) is 0 Å². The quantitative estimate of drug-likeness (QED) is 0.717. The summed E-state index contributed by atoms with van der Waals surface area (Å²) in [6, 6.07) is 9.76. The molecule has 96 valence electrons. The molecule has 19 heavy (non-hydrogen) atoms. The number of anilines is 2. The van der Waals surface area contributed by atoms with E-state index in [1.54, 1.807) is 17.7 Å². The Morgan fingerprint density at radius 2 is 2.11 bits per heavy atom. The Morgan fingerprint density at radius 3 is 2.89 bits per heavy atom. The minimum atomic E-state index is 0.712. The summed E-state index contributed by atoms with van der Waals surface area (Å²) in [7, 11) is 0. The van der Waals surface area contributed by atoms with Crippen LogP contribution in [0.1, 0.15) is 4.88 Å². The number of thiophene rings is 1. The van der Waals surface area contributed by atoms with Crippen LogP contribution in [0.2, 0.25) is 0 Å².